The van der Waals surface area contributed by atoms with E-state index in [9.17, 15) is 14.7 Å². The number of Topliss-reactive ketones (excluding diaryl/α,β-unsaturated/α-hetero) is 1. The van der Waals surface area contributed by atoms with Gasteiger partial charge in [-0.1, -0.05) is 47.5 Å². The maximum atomic E-state index is 12.8. The van der Waals surface area contributed by atoms with Crippen LogP contribution in [0.15, 0.2) is 60.7 Å². The first kappa shape index (κ1) is 20.1. The molecule has 1 aromatic heterocycles. The first-order valence-electron chi connectivity index (χ1n) is 8.97. The molecule has 1 aliphatic heterocycles. The maximum Gasteiger partial charge on any atom is 0.322 e. The number of esters is 1. The number of hydrogen-bond acceptors (Lipinski definition) is 5. The van der Waals surface area contributed by atoms with E-state index < -0.39 is 17.5 Å². The van der Waals surface area contributed by atoms with Gasteiger partial charge in [-0.05, 0) is 54.8 Å². The number of para-hydroxylation sites is 1. The molecule has 0 radical (unpaired) electrons. The molecule has 1 unspecified atom stereocenters. The van der Waals surface area contributed by atoms with Gasteiger partial charge in [0.05, 0.1) is 9.90 Å². The van der Waals surface area contributed by atoms with Crippen LogP contribution in [-0.4, -0.2) is 16.9 Å². The molecule has 1 N–H and O–H groups in total. The first-order valence-corrected chi connectivity index (χ1v) is 10.5. The van der Waals surface area contributed by atoms with Gasteiger partial charge in [0, 0.05) is 9.90 Å². The topological polar surface area (TPSA) is 63.6 Å². The molecule has 0 spiro atoms. The number of carbonyl (C=O) groups is 2. The highest BCUT2D eigenvalue weighted by atomic mass is 35.5. The van der Waals surface area contributed by atoms with E-state index in [1.165, 1.54) is 11.3 Å². The molecule has 3 aromatic rings. The highest BCUT2D eigenvalue weighted by Gasteiger charge is 2.40. The molecule has 0 saturated carbocycles. The van der Waals surface area contributed by atoms with E-state index in [2.05, 4.69) is 0 Å². The highest BCUT2D eigenvalue weighted by molar-refractivity contribution is 7.16. The minimum absolute atomic E-state index is 0.126. The summed E-state index contributed by atoms with van der Waals surface area (Å²) in [6.07, 6.45) is 0.264. The number of ketones is 1. The van der Waals surface area contributed by atoms with Crippen LogP contribution in [0.1, 0.15) is 33.6 Å². The Hall–Kier alpha value is -2.18. The number of thiophene rings is 1. The van der Waals surface area contributed by atoms with Crippen LogP contribution in [0, 0.1) is 5.92 Å². The van der Waals surface area contributed by atoms with Gasteiger partial charge >= 0.3 is 5.97 Å². The fourth-order valence-corrected chi connectivity index (χ4v) is 4.82. The smallest absolute Gasteiger partial charge is 0.322 e. The summed E-state index contributed by atoms with van der Waals surface area (Å²) in [7, 11) is 0. The van der Waals surface area contributed by atoms with E-state index in [0.717, 1.165) is 0 Å². The van der Waals surface area contributed by atoms with Crippen LogP contribution in [0.5, 0.6) is 5.75 Å². The molecule has 2 aromatic carbocycles. The second-order valence-corrected chi connectivity index (χ2v) is 9.00. The number of ether oxygens (including phenoxy) is 1. The van der Waals surface area contributed by atoms with Gasteiger partial charge in [-0.15, -0.1) is 11.3 Å². The maximum absolute atomic E-state index is 12.8. The standard InChI is InChI=1S/C22H16Cl2O4S/c23-14-7-5-13(6-8-14)22(27,18-9-10-19(24)29-18)12-11-16-20(25)15-3-1-2-4-17(15)28-21(16)26/h1-10,16,27H,11-12H2/t16?,22-/m0/s1. The molecule has 148 valence electrons. The fourth-order valence-electron chi connectivity index (χ4n) is 3.51. The Morgan fingerprint density at radius 3 is 2.41 bits per heavy atom. The molecule has 0 fully saturated rings. The van der Waals surface area contributed by atoms with Crippen molar-refractivity contribution in [2.24, 2.45) is 5.92 Å². The monoisotopic (exact) mass is 446 g/mol. The molecule has 0 amide bonds. The van der Waals surface area contributed by atoms with E-state index >= 15 is 0 Å². The van der Waals surface area contributed by atoms with Crippen LogP contribution in [-0.2, 0) is 10.4 Å². The Bertz CT molecular complexity index is 1080. The van der Waals surface area contributed by atoms with Crippen molar-refractivity contribution in [2.75, 3.05) is 0 Å². The molecule has 1 aliphatic rings. The van der Waals surface area contributed by atoms with E-state index in [1.54, 1.807) is 60.7 Å². The van der Waals surface area contributed by atoms with Gasteiger partial charge < -0.3 is 9.84 Å². The molecule has 7 heteroatoms. The summed E-state index contributed by atoms with van der Waals surface area (Å²) in [6, 6.07) is 17.0. The number of hydrogen-bond donors (Lipinski definition) is 1. The number of fused-ring (bicyclic) bond motifs is 1. The summed E-state index contributed by atoms with van der Waals surface area (Å²) in [5, 5.41) is 12.1. The highest BCUT2D eigenvalue weighted by Crippen LogP contribution is 2.41. The van der Waals surface area contributed by atoms with Crippen molar-refractivity contribution in [3.05, 3.63) is 86.0 Å². The average molecular weight is 447 g/mol. The third-order valence-corrected chi connectivity index (χ3v) is 6.70. The molecule has 0 bridgehead atoms. The number of aliphatic hydroxyl groups is 1. The minimum Gasteiger partial charge on any atom is -0.425 e. The zero-order valence-electron chi connectivity index (χ0n) is 15.1. The summed E-state index contributed by atoms with van der Waals surface area (Å²) < 4.78 is 5.87. The van der Waals surface area contributed by atoms with Gasteiger partial charge in [-0.3, -0.25) is 9.59 Å². The average Bonchev–Trinajstić information content (AvgIpc) is 3.15. The van der Waals surface area contributed by atoms with Gasteiger partial charge in [0.1, 0.15) is 17.3 Å². The van der Waals surface area contributed by atoms with Crippen LogP contribution in [0.3, 0.4) is 0 Å². The summed E-state index contributed by atoms with van der Waals surface area (Å²) >= 11 is 13.3. The van der Waals surface area contributed by atoms with E-state index in [0.29, 0.717) is 25.4 Å². The Morgan fingerprint density at radius 2 is 1.72 bits per heavy atom. The van der Waals surface area contributed by atoms with Crippen molar-refractivity contribution in [1.29, 1.82) is 0 Å². The molecule has 2 atom stereocenters. The Kier molecular flexibility index (Phi) is 5.49. The van der Waals surface area contributed by atoms with E-state index in [1.807, 2.05) is 0 Å². The lowest BCUT2D eigenvalue weighted by Gasteiger charge is -2.30. The van der Waals surface area contributed by atoms with Crippen LogP contribution in [0.2, 0.25) is 9.36 Å². The normalized spacial score (nSPS) is 18.1. The minimum atomic E-state index is -1.42. The summed E-state index contributed by atoms with van der Waals surface area (Å²) in [6.45, 7) is 0. The Balaban J connectivity index is 1.65. The molecule has 0 saturated heterocycles. The SMILES string of the molecule is O=C1Oc2ccccc2C(=O)C1CC[C@](O)(c1ccc(Cl)cc1)c1ccc(Cl)s1. The Labute approximate surface area is 181 Å². The van der Waals surface area contributed by atoms with Crippen molar-refractivity contribution in [3.63, 3.8) is 0 Å². The van der Waals surface area contributed by atoms with Crippen molar-refractivity contribution in [3.8, 4) is 5.75 Å². The van der Waals surface area contributed by atoms with E-state index in [4.69, 9.17) is 27.9 Å². The third kappa shape index (κ3) is 3.83. The summed E-state index contributed by atoms with van der Waals surface area (Å²) in [5.74, 6) is -1.59. The molecule has 0 aliphatic carbocycles. The zero-order valence-corrected chi connectivity index (χ0v) is 17.4. The van der Waals surface area contributed by atoms with Crippen molar-refractivity contribution >= 4 is 46.3 Å². The molecule has 29 heavy (non-hydrogen) atoms. The number of carbonyl (C=O) groups excluding carboxylic acids is 2. The second kappa shape index (κ2) is 7.92. The van der Waals surface area contributed by atoms with Crippen LogP contribution in [0.4, 0.5) is 0 Å². The van der Waals surface area contributed by atoms with E-state index in [-0.39, 0.29) is 24.4 Å². The predicted molar refractivity (Wildman–Crippen MR) is 113 cm³/mol. The van der Waals surface area contributed by atoms with Crippen LogP contribution in [0.25, 0.3) is 0 Å². The second-order valence-electron chi connectivity index (χ2n) is 6.84. The van der Waals surface area contributed by atoms with Crippen LogP contribution >= 0.6 is 34.5 Å². The third-order valence-electron chi connectivity index (χ3n) is 5.06. The largest absolute Gasteiger partial charge is 0.425 e. The lowest BCUT2D eigenvalue weighted by Crippen LogP contribution is -2.36. The van der Waals surface area contributed by atoms with Gasteiger partial charge in [0.25, 0.3) is 0 Å². The van der Waals surface area contributed by atoms with Crippen molar-refractivity contribution in [2.45, 2.75) is 18.4 Å². The van der Waals surface area contributed by atoms with Gasteiger partial charge in [0.2, 0.25) is 0 Å². The van der Waals surface area contributed by atoms with Gasteiger partial charge in [0.15, 0.2) is 5.78 Å². The molecule has 2 heterocycles. The fraction of sp³-hybridized carbons (Fsp3) is 0.182. The summed E-state index contributed by atoms with van der Waals surface area (Å²) in [5.41, 5.74) is -0.427. The number of halogens is 2. The van der Waals surface area contributed by atoms with Gasteiger partial charge in [-0.25, -0.2) is 0 Å². The molecular weight excluding hydrogens is 431 g/mol. The summed E-state index contributed by atoms with van der Waals surface area (Å²) in [4.78, 5) is 25.9. The van der Waals surface area contributed by atoms with Crippen molar-refractivity contribution in [1.82, 2.24) is 0 Å². The molecular formula is C22H16Cl2O4S. The quantitative estimate of drug-likeness (QED) is 0.319. The molecule has 4 nitrogen and oxygen atoms in total. The van der Waals surface area contributed by atoms with Gasteiger partial charge in [-0.2, -0.15) is 0 Å². The predicted octanol–water partition coefficient (Wildman–Crippen LogP) is 5.49. The lowest BCUT2D eigenvalue weighted by atomic mass is 9.82. The van der Waals surface area contributed by atoms with Crippen molar-refractivity contribution < 1.29 is 19.4 Å². The Morgan fingerprint density at radius 1 is 1.00 bits per heavy atom. The lowest BCUT2D eigenvalue weighted by molar-refractivity contribution is -0.138. The number of rotatable bonds is 5. The first-order chi connectivity index (χ1) is 13.9. The molecule has 4 rings (SSSR count). The van der Waals surface area contributed by atoms with Crippen LogP contribution < -0.4 is 4.74 Å². The zero-order chi connectivity index (χ0) is 20.6. The number of benzene rings is 2.